The Morgan fingerprint density at radius 1 is 1.24 bits per heavy atom. The van der Waals surface area contributed by atoms with Crippen molar-refractivity contribution in [3.05, 3.63) is 97.7 Å². The van der Waals surface area contributed by atoms with E-state index < -0.39 is 17.2 Å². The molecule has 0 aromatic carbocycles. The standard InChI is InChI=1S/C24H17ClN6O4S2/c1-2-14-9-22(33)30(13-19(32)23-26-6-7-35-23)12-16(14)18-10-21(27-11-15-3-4-20(25)37-15)31(28-18)24(34)17-5-8-36-29-17/h2-10,12,27H,1,11,13H2. The summed E-state index contributed by atoms with van der Waals surface area (Å²) in [6.07, 6.45) is 5.65. The average Bonchev–Trinajstić information content (AvgIpc) is 3.70. The molecule has 10 nitrogen and oxygen atoms in total. The Kier molecular flexibility index (Phi) is 6.95. The highest BCUT2D eigenvalue weighted by Crippen LogP contribution is 2.28. The van der Waals surface area contributed by atoms with Crippen LogP contribution in [0.1, 0.15) is 31.6 Å². The Morgan fingerprint density at radius 3 is 2.78 bits per heavy atom. The van der Waals surface area contributed by atoms with E-state index in [-0.39, 0.29) is 18.1 Å². The van der Waals surface area contributed by atoms with Gasteiger partial charge in [0.1, 0.15) is 17.8 Å². The van der Waals surface area contributed by atoms with E-state index in [4.69, 9.17) is 16.0 Å². The van der Waals surface area contributed by atoms with Crippen LogP contribution in [0.5, 0.6) is 0 Å². The fourth-order valence-electron chi connectivity index (χ4n) is 3.53. The van der Waals surface area contributed by atoms with E-state index in [1.54, 1.807) is 23.6 Å². The minimum Gasteiger partial charge on any atom is -0.442 e. The molecule has 0 bridgehead atoms. The zero-order valence-electron chi connectivity index (χ0n) is 19.0. The fourth-order valence-corrected chi connectivity index (χ4v) is 5.06. The Bertz CT molecular complexity index is 1650. The van der Waals surface area contributed by atoms with Crippen LogP contribution in [0.25, 0.3) is 17.3 Å². The molecule has 0 saturated heterocycles. The van der Waals surface area contributed by atoms with Crippen LogP contribution in [-0.2, 0) is 13.1 Å². The second-order valence-electron chi connectivity index (χ2n) is 7.65. The lowest BCUT2D eigenvalue weighted by Gasteiger charge is -2.08. The third-order valence-corrected chi connectivity index (χ3v) is 7.06. The summed E-state index contributed by atoms with van der Waals surface area (Å²) >= 11 is 8.62. The Balaban J connectivity index is 1.54. The van der Waals surface area contributed by atoms with Crippen LogP contribution in [0.4, 0.5) is 5.82 Å². The molecule has 0 amide bonds. The van der Waals surface area contributed by atoms with E-state index in [9.17, 15) is 14.4 Å². The number of oxazole rings is 1. The number of thiophene rings is 1. The summed E-state index contributed by atoms with van der Waals surface area (Å²) in [5.74, 6) is -0.571. The van der Waals surface area contributed by atoms with Crippen molar-refractivity contribution in [1.29, 1.82) is 0 Å². The maximum absolute atomic E-state index is 13.2. The molecule has 0 aliphatic carbocycles. The highest BCUT2D eigenvalue weighted by atomic mass is 35.5. The number of carbonyl (C=O) groups is 2. The number of nitrogens with zero attached hydrogens (tertiary/aromatic N) is 5. The first-order chi connectivity index (χ1) is 17.9. The molecule has 186 valence electrons. The SMILES string of the molecule is C=Cc1cc(=O)n(CC(=O)c2ncco2)cc1-c1cc(NCc2ccc(Cl)s2)n(C(=O)c2ccsn2)n1. The molecule has 37 heavy (non-hydrogen) atoms. The van der Waals surface area contributed by atoms with Gasteiger partial charge in [-0.15, -0.1) is 11.3 Å². The van der Waals surface area contributed by atoms with Crippen LogP contribution in [0, 0.1) is 0 Å². The van der Waals surface area contributed by atoms with Gasteiger partial charge >= 0.3 is 0 Å². The predicted octanol–water partition coefficient (Wildman–Crippen LogP) is 4.70. The van der Waals surface area contributed by atoms with Gasteiger partial charge in [-0.25, -0.2) is 4.98 Å². The van der Waals surface area contributed by atoms with Crippen molar-refractivity contribution in [3.8, 4) is 11.3 Å². The van der Waals surface area contributed by atoms with Gasteiger partial charge in [-0.3, -0.25) is 14.4 Å². The maximum Gasteiger partial charge on any atom is 0.299 e. The van der Waals surface area contributed by atoms with Crippen molar-refractivity contribution in [1.82, 2.24) is 23.7 Å². The van der Waals surface area contributed by atoms with Gasteiger partial charge in [-0.1, -0.05) is 24.3 Å². The summed E-state index contributed by atoms with van der Waals surface area (Å²) in [6, 6.07) is 8.34. The molecule has 0 unspecified atom stereocenters. The van der Waals surface area contributed by atoms with Gasteiger partial charge in [0.05, 0.1) is 29.3 Å². The summed E-state index contributed by atoms with van der Waals surface area (Å²) in [4.78, 5) is 43.2. The summed E-state index contributed by atoms with van der Waals surface area (Å²) in [5.41, 5.74) is 1.22. The Morgan fingerprint density at radius 2 is 2.11 bits per heavy atom. The number of carbonyl (C=O) groups excluding carboxylic acids is 2. The molecule has 0 fully saturated rings. The Labute approximate surface area is 222 Å². The molecular formula is C24H17ClN6O4S2. The van der Waals surface area contributed by atoms with Crippen LogP contribution in [-0.4, -0.2) is 35.4 Å². The van der Waals surface area contributed by atoms with Gasteiger partial charge in [-0.2, -0.15) is 14.2 Å². The average molecular weight is 553 g/mol. The zero-order valence-corrected chi connectivity index (χ0v) is 21.3. The summed E-state index contributed by atoms with van der Waals surface area (Å²) in [6.45, 7) is 3.92. The molecule has 5 heterocycles. The lowest BCUT2D eigenvalue weighted by atomic mass is 10.1. The topological polar surface area (TPSA) is 125 Å². The largest absolute Gasteiger partial charge is 0.442 e. The number of hydrogen-bond donors (Lipinski definition) is 1. The van der Waals surface area contributed by atoms with Crippen molar-refractivity contribution < 1.29 is 14.0 Å². The number of rotatable bonds is 9. The third-order valence-electron chi connectivity index (χ3n) is 5.27. The smallest absolute Gasteiger partial charge is 0.299 e. The molecule has 5 aromatic heterocycles. The molecule has 13 heteroatoms. The van der Waals surface area contributed by atoms with Crippen molar-refractivity contribution in [2.24, 2.45) is 0 Å². The number of halogens is 1. The van der Waals surface area contributed by atoms with E-state index in [0.717, 1.165) is 16.4 Å². The van der Waals surface area contributed by atoms with Crippen LogP contribution in [0.15, 0.2) is 70.2 Å². The molecule has 0 saturated carbocycles. The van der Waals surface area contributed by atoms with Gasteiger partial charge in [-0.05, 0) is 35.3 Å². The monoisotopic (exact) mass is 552 g/mol. The zero-order chi connectivity index (χ0) is 25.9. The van der Waals surface area contributed by atoms with Gasteiger partial charge < -0.3 is 14.3 Å². The van der Waals surface area contributed by atoms with E-state index in [1.807, 2.05) is 6.07 Å². The molecule has 0 aliphatic heterocycles. The molecule has 5 aromatic rings. The minimum absolute atomic E-state index is 0.0976. The normalized spacial score (nSPS) is 10.9. The first-order valence-corrected chi connectivity index (χ1v) is 12.8. The number of Topliss-reactive ketones (excluding diaryl/α,β-unsaturated/α-hetero) is 1. The molecule has 0 radical (unpaired) electrons. The van der Waals surface area contributed by atoms with Crippen molar-refractivity contribution in [2.45, 2.75) is 13.1 Å². The lowest BCUT2D eigenvalue weighted by molar-refractivity contribution is 0.0932. The summed E-state index contributed by atoms with van der Waals surface area (Å²) < 4.78 is 12.3. The maximum atomic E-state index is 13.2. The van der Waals surface area contributed by atoms with Crippen molar-refractivity contribution in [3.63, 3.8) is 0 Å². The van der Waals surface area contributed by atoms with Crippen molar-refractivity contribution in [2.75, 3.05) is 5.32 Å². The van der Waals surface area contributed by atoms with E-state index >= 15 is 0 Å². The first-order valence-electron chi connectivity index (χ1n) is 10.8. The number of aromatic nitrogens is 5. The van der Waals surface area contributed by atoms with E-state index in [1.165, 1.54) is 51.4 Å². The molecular weight excluding hydrogens is 536 g/mol. The second kappa shape index (κ2) is 10.5. The number of anilines is 1. The lowest BCUT2D eigenvalue weighted by Crippen LogP contribution is -2.24. The van der Waals surface area contributed by atoms with Gasteiger partial charge in [0.25, 0.3) is 17.4 Å². The van der Waals surface area contributed by atoms with Gasteiger partial charge in [0, 0.05) is 34.2 Å². The minimum atomic E-state index is -0.467. The molecule has 5 rings (SSSR count). The highest BCUT2D eigenvalue weighted by Gasteiger charge is 2.21. The number of nitrogens with one attached hydrogen (secondary N) is 1. The number of ketones is 1. The number of hydrogen-bond acceptors (Lipinski definition) is 10. The third kappa shape index (κ3) is 5.21. The predicted molar refractivity (Wildman–Crippen MR) is 141 cm³/mol. The van der Waals surface area contributed by atoms with Crippen LogP contribution < -0.4 is 10.9 Å². The molecule has 1 N–H and O–H groups in total. The van der Waals surface area contributed by atoms with Gasteiger partial charge in [0.15, 0.2) is 0 Å². The molecule has 0 atom stereocenters. The quantitative estimate of drug-likeness (QED) is 0.261. The highest BCUT2D eigenvalue weighted by molar-refractivity contribution is 7.16. The first kappa shape index (κ1) is 24.6. The van der Waals surface area contributed by atoms with Crippen LogP contribution >= 0.6 is 34.5 Å². The van der Waals surface area contributed by atoms with Crippen LogP contribution in [0.2, 0.25) is 4.34 Å². The summed E-state index contributed by atoms with van der Waals surface area (Å²) in [7, 11) is 0. The summed E-state index contributed by atoms with van der Waals surface area (Å²) in [5, 5.41) is 9.46. The Hall–Kier alpha value is -4.13. The van der Waals surface area contributed by atoms with Gasteiger partial charge in [0.2, 0.25) is 5.78 Å². The fraction of sp³-hybridized carbons (Fsp3) is 0.0833. The van der Waals surface area contributed by atoms with Crippen molar-refractivity contribution >= 4 is 58.1 Å². The van der Waals surface area contributed by atoms with E-state index in [0.29, 0.717) is 33.5 Å². The molecule has 0 spiro atoms. The van der Waals surface area contributed by atoms with Crippen LogP contribution in [0.3, 0.4) is 0 Å². The molecule has 0 aliphatic rings. The second-order valence-corrected chi connectivity index (χ2v) is 10.1. The number of pyridine rings is 1. The van der Waals surface area contributed by atoms with E-state index in [2.05, 4.69) is 26.4 Å².